The van der Waals surface area contributed by atoms with Crippen molar-refractivity contribution in [1.82, 2.24) is 0 Å². The van der Waals surface area contributed by atoms with E-state index < -0.39 is 5.82 Å². The second-order valence-corrected chi connectivity index (χ2v) is 7.52. The summed E-state index contributed by atoms with van der Waals surface area (Å²) in [7, 11) is 1.38. The highest BCUT2D eigenvalue weighted by Crippen LogP contribution is 2.37. The highest BCUT2D eigenvalue weighted by Gasteiger charge is 2.16. The Labute approximate surface area is 183 Å². The molecular weight excluding hydrogens is 430 g/mol. The molecule has 0 bridgehead atoms. The zero-order valence-corrected chi connectivity index (χ0v) is 17.9. The van der Waals surface area contributed by atoms with Gasteiger partial charge in [0, 0.05) is 27.6 Å². The molecule has 3 rings (SSSR count). The number of methoxy groups -OCH3 is 1. The number of carbonyl (C=O) groups is 1. The van der Waals surface area contributed by atoms with Crippen LogP contribution < -0.4 is 9.47 Å². The van der Waals surface area contributed by atoms with Crippen molar-refractivity contribution in [3.63, 3.8) is 0 Å². The van der Waals surface area contributed by atoms with E-state index in [0.29, 0.717) is 33.3 Å². The number of phenolic OH excluding ortho intramolecular Hbond substituents is 1. The van der Waals surface area contributed by atoms with Gasteiger partial charge in [-0.3, -0.25) is 4.79 Å². The van der Waals surface area contributed by atoms with Crippen molar-refractivity contribution < 1.29 is 23.8 Å². The van der Waals surface area contributed by atoms with Crippen LogP contribution in [0.5, 0.6) is 17.2 Å². The number of carbonyl (C=O) groups excluding carboxylic acids is 1. The van der Waals surface area contributed by atoms with Crippen LogP contribution in [0.15, 0.2) is 48.5 Å². The van der Waals surface area contributed by atoms with Crippen molar-refractivity contribution in [2.75, 3.05) is 13.7 Å². The molecule has 4 nitrogen and oxygen atoms in total. The first kappa shape index (κ1) is 21.9. The van der Waals surface area contributed by atoms with Gasteiger partial charge in [0.25, 0.3) is 0 Å². The lowest BCUT2D eigenvalue weighted by Crippen LogP contribution is -2.06. The Balaban J connectivity index is 1.94. The number of Topliss-reactive ketones (excluding diaryl/α,β-unsaturated/α-hetero) is 1. The highest BCUT2D eigenvalue weighted by atomic mass is 35.5. The Hall–Kier alpha value is -2.76. The smallest absolute Gasteiger partial charge is 0.172 e. The molecule has 0 saturated carbocycles. The molecule has 0 aliphatic heterocycles. The van der Waals surface area contributed by atoms with Crippen LogP contribution in [0.1, 0.15) is 18.1 Å². The maximum Gasteiger partial charge on any atom is 0.172 e. The molecule has 3 aromatic carbocycles. The van der Waals surface area contributed by atoms with Crippen LogP contribution >= 0.6 is 23.2 Å². The van der Waals surface area contributed by atoms with Crippen molar-refractivity contribution in [2.24, 2.45) is 0 Å². The third-order valence-corrected chi connectivity index (χ3v) is 5.15. The first-order valence-corrected chi connectivity index (χ1v) is 9.80. The van der Waals surface area contributed by atoms with Gasteiger partial charge in [-0.1, -0.05) is 41.4 Å². The minimum atomic E-state index is -0.560. The van der Waals surface area contributed by atoms with Gasteiger partial charge in [-0.25, -0.2) is 4.39 Å². The molecule has 0 aliphatic rings. The number of halogens is 3. The second kappa shape index (κ2) is 9.37. The number of hydrogen-bond acceptors (Lipinski definition) is 4. The zero-order valence-electron chi connectivity index (χ0n) is 16.3. The Morgan fingerprint density at radius 2 is 1.77 bits per heavy atom. The first-order chi connectivity index (χ1) is 14.3. The van der Waals surface area contributed by atoms with E-state index in [2.05, 4.69) is 0 Å². The van der Waals surface area contributed by atoms with Gasteiger partial charge in [0.05, 0.1) is 7.11 Å². The summed E-state index contributed by atoms with van der Waals surface area (Å²) in [4.78, 5) is 11.1. The maximum absolute atomic E-state index is 14.7. The number of rotatable bonds is 7. The summed E-state index contributed by atoms with van der Waals surface area (Å²) in [6, 6.07) is 12.8. The molecule has 156 valence electrons. The van der Waals surface area contributed by atoms with Crippen LogP contribution in [0, 0.1) is 5.82 Å². The van der Waals surface area contributed by atoms with Crippen LogP contribution in [0.25, 0.3) is 11.1 Å². The molecule has 7 heteroatoms. The minimum Gasteiger partial charge on any atom is -0.507 e. The lowest BCUT2D eigenvalue weighted by molar-refractivity contribution is -0.118. The minimum absolute atomic E-state index is 0.0592. The van der Waals surface area contributed by atoms with Crippen molar-refractivity contribution in [1.29, 1.82) is 0 Å². The van der Waals surface area contributed by atoms with Gasteiger partial charge < -0.3 is 14.6 Å². The van der Waals surface area contributed by atoms with Crippen molar-refractivity contribution >= 4 is 29.0 Å². The van der Waals surface area contributed by atoms with Gasteiger partial charge in [-0.05, 0) is 48.4 Å². The average molecular weight is 449 g/mol. The molecule has 0 heterocycles. The third-order valence-electron chi connectivity index (χ3n) is 4.47. The van der Waals surface area contributed by atoms with Crippen LogP contribution in [0.2, 0.25) is 10.0 Å². The van der Waals surface area contributed by atoms with E-state index in [4.69, 9.17) is 32.7 Å². The molecule has 0 atom stereocenters. The number of aromatic hydroxyl groups is 1. The van der Waals surface area contributed by atoms with Gasteiger partial charge >= 0.3 is 0 Å². The van der Waals surface area contributed by atoms with Crippen molar-refractivity contribution in [3.8, 4) is 28.4 Å². The predicted octanol–water partition coefficient (Wildman–Crippen LogP) is 6.07. The Morgan fingerprint density at radius 3 is 2.40 bits per heavy atom. The SMILES string of the molecule is COc1cccc(-c2cc(Cc3c(Cl)cc(OCC(C)=O)cc3Cl)ccc2O)c1F. The normalized spacial score (nSPS) is 10.7. The molecule has 0 saturated heterocycles. The molecular formula is C23H19Cl2FO4. The molecule has 0 fully saturated rings. The zero-order chi connectivity index (χ0) is 21.8. The van der Waals surface area contributed by atoms with Crippen LogP contribution in [0.3, 0.4) is 0 Å². The summed E-state index contributed by atoms with van der Waals surface area (Å²) >= 11 is 12.8. The highest BCUT2D eigenvalue weighted by molar-refractivity contribution is 6.36. The summed E-state index contributed by atoms with van der Waals surface area (Å²) in [6.45, 7) is 1.35. The molecule has 0 amide bonds. The number of ketones is 1. The van der Waals surface area contributed by atoms with Gasteiger partial charge in [0.1, 0.15) is 18.1 Å². The van der Waals surface area contributed by atoms with Crippen molar-refractivity contribution in [3.05, 3.63) is 75.5 Å². The van der Waals surface area contributed by atoms with Crippen LogP contribution in [-0.4, -0.2) is 24.6 Å². The lowest BCUT2D eigenvalue weighted by Gasteiger charge is -2.13. The quantitative estimate of drug-likeness (QED) is 0.476. The van der Waals surface area contributed by atoms with E-state index in [1.165, 1.54) is 26.2 Å². The molecule has 3 aromatic rings. The van der Waals surface area contributed by atoms with E-state index in [9.17, 15) is 14.3 Å². The second-order valence-electron chi connectivity index (χ2n) is 6.71. The van der Waals surface area contributed by atoms with E-state index >= 15 is 0 Å². The number of phenols is 1. The molecule has 0 aliphatic carbocycles. The largest absolute Gasteiger partial charge is 0.507 e. The average Bonchev–Trinajstić information content (AvgIpc) is 2.70. The van der Waals surface area contributed by atoms with E-state index in [0.717, 1.165) is 5.56 Å². The standard InChI is InChI=1S/C23H19Cl2FO4/c1-13(27)12-30-15-10-19(24)18(20(25)11-15)9-14-6-7-21(28)17(8-14)16-4-3-5-22(29-2)23(16)26/h3-8,10-11,28H,9,12H2,1-2H3. The fourth-order valence-electron chi connectivity index (χ4n) is 3.01. The molecule has 0 spiro atoms. The molecule has 30 heavy (non-hydrogen) atoms. The summed E-state index contributed by atoms with van der Waals surface area (Å²) < 4.78 is 25.1. The fourth-order valence-corrected chi connectivity index (χ4v) is 3.61. The van der Waals surface area contributed by atoms with E-state index in [1.54, 1.807) is 36.4 Å². The Kier molecular flexibility index (Phi) is 6.85. The Morgan fingerprint density at radius 1 is 1.07 bits per heavy atom. The summed E-state index contributed by atoms with van der Waals surface area (Å²) in [5, 5.41) is 11.0. The van der Waals surface area contributed by atoms with Gasteiger partial charge in [0.2, 0.25) is 0 Å². The number of ether oxygens (including phenoxy) is 2. The Bertz CT molecular complexity index is 1080. The number of hydrogen-bond donors (Lipinski definition) is 1. The monoisotopic (exact) mass is 448 g/mol. The van der Waals surface area contributed by atoms with Crippen LogP contribution in [0.4, 0.5) is 4.39 Å². The van der Waals surface area contributed by atoms with Crippen molar-refractivity contribution in [2.45, 2.75) is 13.3 Å². The van der Waals surface area contributed by atoms with Gasteiger partial charge in [-0.15, -0.1) is 0 Å². The van der Waals surface area contributed by atoms with Gasteiger partial charge in [-0.2, -0.15) is 0 Å². The van der Waals surface area contributed by atoms with E-state index in [-0.39, 0.29) is 29.5 Å². The summed E-state index contributed by atoms with van der Waals surface area (Å²) in [5.41, 5.74) is 1.97. The van der Waals surface area contributed by atoms with E-state index in [1.807, 2.05) is 0 Å². The molecule has 1 N–H and O–H groups in total. The summed E-state index contributed by atoms with van der Waals surface area (Å²) in [5.74, 6) is -0.252. The summed E-state index contributed by atoms with van der Waals surface area (Å²) in [6.07, 6.45) is 0.351. The molecule has 0 aromatic heterocycles. The maximum atomic E-state index is 14.7. The van der Waals surface area contributed by atoms with Gasteiger partial charge in [0.15, 0.2) is 17.3 Å². The predicted molar refractivity (Wildman–Crippen MR) is 115 cm³/mol. The topological polar surface area (TPSA) is 55.8 Å². The first-order valence-electron chi connectivity index (χ1n) is 9.05. The molecule has 0 unspecified atom stereocenters. The number of benzene rings is 3. The lowest BCUT2D eigenvalue weighted by atomic mass is 9.97. The van der Waals surface area contributed by atoms with Crippen LogP contribution in [-0.2, 0) is 11.2 Å². The third kappa shape index (κ3) is 4.86. The molecule has 0 radical (unpaired) electrons. The fraction of sp³-hybridized carbons (Fsp3) is 0.174.